The molecule has 0 aliphatic carbocycles. The lowest BCUT2D eigenvalue weighted by Crippen LogP contribution is -2.51. The minimum Gasteiger partial charge on any atom is -0.465 e. The Morgan fingerprint density at radius 2 is 1.65 bits per heavy atom. The molecule has 0 saturated carbocycles. The number of carbonyl (C=O) groups excluding carboxylic acids is 1. The van der Waals surface area contributed by atoms with Crippen LogP contribution in [0.5, 0.6) is 0 Å². The van der Waals surface area contributed by atoms with E-state index in [1.54, 1.807) is 9.80 Å². The molecule has 26 heavy (non-hydrogen) atoms. The minimum absolute atomic E-state index is 0.0817. The van der Waals surface area contributed by atoms with Gasteiger partial charge < -0.3 is 19.8 Å². The second-order valence-corrected chi connectivity index (χ2v) is 6.30. The summed E-state index contributed by atoms with van der Waals surface area (Å²) in [4.78, 5) is 35.6. The average Bonchev–Trinajstić information content (AvgIpc) is 3.11. The molecule has 3 heterocycles. The highest BCUT2D eigenvalue weighted by Gasteiger charge is 2.35. The van der Waals surface area contributed by atoms with E-state index in [1.807, 2.05) is 0 Å². The summed E-state index contributed by atoms with van der Waals surface area (Å²) in [6.07, 6.45) is -3.50. The minimum atomic E-state index is -4.48. The zero-order valence-electron chi connectivity index (χ0n) is 13.8. The lowest BCUT2D eigenvalue weighted by Gasteiger charge is -2.35. The number of piperazine rings is 1. The largest absolute Gasteiger partial charge is 0.465 e. The summed E-state index contributed by atoms with van der Waals surface area (Å²) in [6, 6.07) is 0. The zero-order valence-corrected chi connectivity index (χ0v) is 13.8. The number of nitrogens with zero attached hydrogens (tertiary/aromatic N) is 5. The van der Waals surface area contributed by atoms with Crippen molar-refractivity contribution in [2.45, 2.75) is 12.6 Å². The molecular weight excluding hydrogens is 355 g/mol. The van der Waals surface area contributed by atoms with Crippen molar-refractivity contribution in [1.29, 1.82) is 0 Å². The Morgan fingerprint density at radius 3 is 2.15 bits per heavy atom. The number of rotatable bonds is 2. The van der Waals surface area contributed by atoms with Crippen LogP contribution in [0.2, 0.25) is 0 Å². The highest BCUT2D eigenvalue weighted by atomic mass is 19.4. The number of aromatic nitrogens is 2. The summed E-state index contributed by atoms with van der Waals surface area (Å²) in [6.45, 7) is 2.17. The Labute approximate surface area is 147 Å². The van der Waals surface area contributed by atoms with E-state index in [0.29, 0.717) is 39.1 Å². The third kappa shape index (κ3) is 3.81. The van der Waals surface area contributed by atoms with Gasteiger partial charge in [0.05, 0.1) is 11.5 Å². The Kier molecular flexibility index (Phi) is 4.88. The van der Waals surface area contributed by atoms with Gasteiger partial charge in [-0.05, 0) is 6.42 Å². The molecule has 1 aromatic heterocycles. The van der Waals surface area contributed by atoms with E-state index in [9.17, 15) is 22.8 Å². The summed E-state index contributed by atoms with van der Waals surface area (Å²) in [5.41, 5.74) is -0.903. The summed E-state index contributed by atoms with van der Waals surface area (Å²) >= 11 is 0. The molecule has 0 aromatic carbocycles. The molecule has 0 radical (unpaired) electrons. The van der Waals surface area contributed by atoms with Gasteiger partial charge >= 0.3 is 12.3 Å². The summed E-state index contributed by atoms with van der Waals surface area (Å²) in [5.74, 6) is -0.218. The van der Waals surface area contributed by atoms with E-state index in [4.69, 9.17) is 5.11 Å². The van der Waals surface area contributed by atoms with Crippen LogP contribution in [-0.2, 0) is 11.0 Å². The highest BCUT2D eigenvalue weighted by molar-refractivity contribution is 5.80. The first-order valence-corrected chi connectivity index (χ1v) is 8.16. The molecule has 142 valence electrons. The molecule has 1 unspecified atom stereocenters. The quantitative estimate of drug-likeness (QED) is 0.836. The van der Waals surface area contributed by atoms with E-state index in [2.05, 4.69) is 9.97 Å². The Balaban J connectivity index is 1.54. The third-order valence-electron chi connectivity index (χ3n) is 4.65. The monoisotopic (exact) mass is 373 g/mol. The van der Waals surface area contributed by atoms with Crippen molar-refractivity contribution in [2.75, 3.05) is 44.2 Å². The van der Waals surface area contributed by atoms with Crippen molar-refractivity contribution in [2.24, 2.45) is 5.92 Å². The number of carboxylic acid groups (broad SMARTS) is 1. The standard InChI is InChI=1S/C15H18F3N5O3/c16-15(17,18)11-7-19-13(20-8-11)22-5-3-21(4-6-22)12(24)10-1-2-23(9-10)14(25)26/h7-8,10H,1-6,9H2,(H,25,26). The van der Waals surface area contributed by atoms with E-state index in [-0.39, 0.29) is 24.3 Å². The summed E-state index contributed by atoms with van der Waals surface area (Å²) < 4.78 is 37.6. The summed E-state index contributed by atoms with van der Waals surface area (Å²) in [7, 11) is 0. The normalized spacial score (nSPS) is 21.2. The molecule has 2 saturated heterocycles. The number of carbonyl (C=O) groups is 2. The topological polar surface area (TPSA) is 89.9 Å². The molecule has 8 nitrogen and oxygen atoms in total. The van der Waals surface area contributed by atoms with Gasteiger partial charge in [0.2, 0.25) is 11.9 Å². The van der Waals surface area contributed by atoms with Gasteiger partial charge in [0.15, 0.2) is 0 Å². The number of halogens is 3. The molecule has 2 amide bonds. The molecule has 1 N–H and O–H groups in total. The van der Waals surface area contributed by atoms with Crippen molar-refractivity contribution >= 4 is 17.9 Å². The van der Waals surface area contributed by atoms with Crippen LogP contribution >= 0.6 is 0 Å². The van der Waals surface area contributed by atoms with Crippen molar-refractivity contribution in [1.82, 2.24) is 19.8 Å². The van der Waals surface area contributed by atoms with Crippen LogP contribution in [0.15, 0.2) is 12.4 Å². The van der Waals surface area contributed by atoms with E-state index < -0.39 is 17.8 Å². The van der Waals surface area contributed by atoms with Crippen molar-refractivity contribution in [3.8, 4) is 0 Å². The van der Waals surface area contributed by atoms with E-state index in [1.165, 1.54) is 4.90 Å². The van der Waals surface area contributed by atoms with Crippen molar-refractivity contribution in [3.05, 3.63) is 18.0 Å². The lowest BCUT2D eigenvalue weighted by molar-refractivity contribution is -0.138. The average molecular weight is 373 g/mol. The molecule has 0 bridgehead atoms. The first-order chi connectivity index (χ1) is 12.3. The zero-order chi connectivity index (χ0) is 18.9. The number of hydrogen-bond donors (Lipinski definition) is 1. The van der Waals surface area contributed by atoms with E-state index in [0.717, 1.165) is 12.4 Å². The first kappa shape index (κ1) is 18.2. The molecule has 11 heteroatoms. The van der Waals surface area contributed by atoms with Crippen molar-refractivity contribution in [3.63, 3.8) is 0 Å². The fourth-order valence-electron chi connectivity index (χ4n) is 3.15. The number of amides is 2. The number of hydrogen-bond acceptors (Lipinski definition) is 5. The van der Waals surface area contributed by atoms with Gasteiger partial charge in [-0.3, -0.25) is 4.79 Å². The van der Waals surface area contributed by atoms with Crippen LogP contribution in [0, 0.1) is 5.92 Å². The second-order valence-electron chi connectivity index (χ2n) is 6.30. The predicted molar refractivity (Wildman–Crippen MR) is 83.5 cm³/mol. The SMILES string of the molecule is O=C(O)N1CCC(C(=O)N2CCN(c3ncc(C(F)(F)F)cn3)CC2)C1. The van der Waals surface area contributed by atoms with Crippen LogP contribution in [0.1, 0.15) is 12.0 Å². The number of likely N-dealkylation sites (tertiary alicyclic amines) is 1. The Hall–Kier alpha value is -2.59. The summed E-state index contributed by atoms with van der Waals surface area (Å²) in [5, 5.41) is 8.96. The first-order valence-electron chi connectivity index (χ1n) is 8.16. The molecule has 3 rings (SSSR count). The molecule has 2 aliphatic heterocycles. The van der Waals surface area contributed by atoms with Gasteiger partial charge in [-0.25, -0.2) is 14.8 Å². The number of alkyl halides is 3. The Bertz CT molecular complexity index is 674. The van der Waals surface area contributed by atoms with Crippen LogP contribution < -0.4 is 4.90 Å². The van der Waals surface area contributed by atoms with Crippen LogP contribution in [0.25, 0.3) is 0 Å². The van der Waals surface area contributed by atoms with Gasteiger partial charge in [0, 0.05) is 51.7 Å². The molecule has 0 spiro atoms. The molecule has 2 aliphatic rings. The van der Waals surface area contributed by atoms with Gasteiger partial charge in [-0.2, -0.15) is 13.2 Å². The van der Waals surface area contributed by atoms with Crippen LogP contribution in [-0.4, -0.2) is 76.1 Å². The fraction of sp³-hybridized carbons (Fsp3) is 0.600. The smallest absolute Gasteiger partial charge is 0.419 e. The predicted octanol–water partition coefficient (Wildman–Crippen LogP) is 1.14. The maximum atomic E-state index is 12.5. The van der Waals surface area contributed by atoms with Crippen LogP contribution in [0.3, 0.4) is 0 Å². The maximum Gasteiger partial charge on any atom is 0.419 e. The van der Waals surface area contributed by atoms with Crippen molar-refractivity contribution < 1.29 is 27.9 Å². The maximum absolute atomic E-state index is 12.5. The highest BCUT2D eigenvalue weighted by Crippen LogP contribution is 2.28. The second kappa shape index (κ2) is 6.96. The Morgan fingerprint density at radius 1 is 1.04 bits per heavy atom. The molecule has 2 fully saturated rings. The lowest BCUT2D eigenvalue weighted by atomic mass is 10.1. The molecular formula is C15H18F3N5O3. The van der Waals surface area contributed by atoms with Gasteiger partial charge in [-0.1, -0.05) is 0 Å². The number of anilines is 1. The molecule has 1 aromatic rings. The molecule has 1 atom stereocenters. The van der Waals surface area contributed by atoms with Crippen LogP contribution in [0.4, 0.5) is 23.9 Å². The van der Waals surface area contributed by atoms with Gasteiger partial charge in [-0.15, -0.1) is 0 Å². The van der Waals surface area contributed by atoms with Gasteiger partial charge in [0.25, 0.3) is 0 Å². The van der Waals surface area contributed by atoms with Gasteiger partial charge in [0.1, 0.15) is 0 Å². The third-order valence-corrected chi connectivity index (χ3v) is 4.65. The fourth-order valence-corrected chi connectivity index (χ4v) is 3.15. The van der Waals surface area contributed by atoms with E-state index >= 15 is 0 Å².